The van der Waals surface area contributed by atoms with Crippen molar-refractivity contribution in [2.24, 2.45) is 11.7 Å². The van der Waals surface area contributed by atoms with Crippen molar-refractivity contribution in [2.45, 2.75) is 25.8 Å². The molecule has 0 radical (unpaired) electrons. The van der Waals surface area contributed by atoms with Gasteiger partial charge in [0.25, 0.3) is 5.91 Å². The van der Waals surface area contributed by atoms with E-state index in [1.165, 1.54) is 6.07 Å². The number of piperidine rings is 1. The molecule has 108 valence electrons. The van der Waals surface area contributed by atoms with Gasteiger partial charge in [0.2, 0.25) is 0 Å². The lowest BCUT2D eigenvalue weighted by Gasteiger charge is -2.39. The van der Waals surface area contributed by atoms with Gasteiger partial charge >= 0.3 is 5.97 Å². The van der Waals surface area contributed by atoms with E-state index in [0.717, 1.165) is 12.8 Å². The Bertz CT molecular complexity index is 547. The monoisotopic (exact) mass is 296 g/mol. The third-order valence-corrected chi connectivity index (χ3v) is 3.96. The molecule has 2 atom stereocenters. The molecule has 1 amide bonds. The van der Waals surface area contributed by atoms with Gasteiger partial charge in [0.05, 0.1) is 11.3 Å². The van der Waals surface area contributed by atoms with Crippen molar-refractivity contribution in [3.8, 4) is 0 Å². The lowest BCUT2D eigenvalue weighted by molar-refractivity contribution is -0.140. The number of benzene rings is 1. The first-order chi connectivity index (χ1) is 9.41. The second-order valence-electron chi connectivity index (χ2n) is 5.12. The Morgan fingerprint density at radius 2 is 2.15 bits per heavy atom. The Balaban J connectivity index is 2.50. The third kappa shape index (κ3) is 2.72. The maximum Gasteiger partial charge on any atom is 0.326 e. The van der Waals surface area contributed by atoms with E-state index in [-0.39, 0.29) is 5.92 Å². The first-order valence-corrected chi connectivity index (χ1v) is 6.88. The largest absolute Gasteiger partial charge is 0.480 e. The summed E-state index contributed by atoms with van der Waals surface area (Å²) in [7, 11) is 0. The van der Waals surface area contributed by atoms with Crippen LogP contribution in [0.25, 0.3) is 0 Å². The molecule has 0 bridgehead atoms. The van der Waals surface area contributed by atoms with E-state index in [1.807, 2.05) is 6.92 Å². The van der Waals surface area contributed by atoms with Gasteiger partial charge in [0.15, 0.2) is 0 Å². The Morgan fingerprint density at radius 1 is 1.45 bits per heavy atom. The van der Waals surface area contributed by atoms with Crippen LogP contribution in [0.5, 0.6) is 0 Å². The Morgan fingerprint density at radius 3 is 2.75 bits per heavy atom. The van der Waals surface area contributed by atoms with E-state index in [2.05, 4.69) is 0 Å². The lowest BCUT2D eigenvalue weighted by atomic mass is 9.89. The number of carbonyl (C=O) groups excluding carboxylic acids is 1. The average molecular weight is 297 g/mol. The second-order valence-corrected chi connectivity index (χ2v) is 5.56. The highest BCUT2D eigenvalue weighted by molar-refractivity contribution is 6.31. The number of primary amides is 1. The maximum atomic E-state index is 11.5. The van der Waals surface area contributed by atoms with Crippen LogP contribution in [0.15, 0.2) is 18.2 Å². The van der Waals surface area contributed by atoms with E-state index in [4.69, 9.17) is 17.3 Å². The molecule has 0 aromatic heterocycles. The maximum absolute atomic E-state index is 11.5. The average Bonchev–Trinajstić information content (AvgIpc) is 2.37. The van der Waals surface area contributed by atoms with E-state index >= 15 is 0 Å². The van der Waals surface area contributed by atoms with Gasteiger partial charge < -0.3 is 15.7 Å². The van der Waals surface area contributed by atoms with Gasteiger partial charge in [-0.1, -0.05) is 18.5 Å². The molecule has 1 aromatic carbocycles. The molecule has 1 heterocycles. The number of rotatable bonds is 3. The van der Waals surface area contributed by atoms with Crippen LogP contribution < -0.4 is 10.6 Å². The molecule has 0 spiro atoms. The summed E-state index contributed by atoms with van der Waals surface area (Å²) in [5.41, 5.74) is 6.18. The summed E-state index contributed by atoms with van der Waals surface area (Å²) in [6.07, 6.45) is 1.72. The van der Waals surface area contributed by atoms with Crippen LogP contribution >= 0.6 is 11.6 Å². The molecule has 0 saturated carbocycles. The Hall–Kier alpha value is -1.75. The summed E-state index contributed by atoms with van der Waals surface area (Å²) in [5, 5.41) is 9.90. The normalized spacial score (nSPS) is 22.6. The van der Waals surface area contributed by atoms with Gasteiger partial charge in [-0.2, -0.15) is 0 Å². The van der Waals surface area contributed by atoms with Crippen LogP contribution in [0.4, 0.5) is 5.69 Å². The van der Waals surface area contributed by atoms with E-state index in [9.17, 15) is 14.7 Å². The van der Waals surface area contributed by atoms with Crippen molar-refractivity contribution in [2.75, 3.05) is 11.4 Å². The van der Waals surface area contributed by atoms with Gasteiger partial charge in [-0.25, -0.2) is 4.79 Å². The van der Waals surface area contributed by atoms with Gasteiger partial charge in [-0.15, -0.1) is 0 Å². The van der Waals surface area contributed by atoms with Crippen LogP contribution in [-0.2, 0) is 4.79 Å². The quantitative estimate of drug-likeness (QED) is 0.895. The minimum absolute atomic E-state index is 0.000887. The first kappa shape index (κ1) is 14.7. The summed E-state index contributed by atoms with van der Waals surface area (Å²) in [5.74, 6) is -1.48. The topological polar surface area (TPSA) is 83.6 Å². The van der Waals surface area contributed by atoms with Crippen molar-refractivity contribution in [1.82, 2.24) is 0 Å². The minimum atomic E-state index is -0.896. The van der Waals surface area contributed by atoms with Crippen molar-refractivity contribution in [3.05, 3.63) is 28.8 Å². The number of nitrogens with two attached hydrogens (primary N) is 1. The minimum Gasteiger partial charge on any atom is -0.480 e. The molecule has 2 rings (SSSR count). The standard InChI is InChI=1S/C14H17ClN2O3/c1-8-3-2-6-17(12(8)14(19)20)11-7-9(15)4-5-10(11)13(16)18/h4-5,7-8,12H,2-3,6H2,1H3,(H2,16,18)(H,19,20). The number of anilines is 1. The molecule has 3 N–H and O–H groups in total. The predicted molar refractivity (Wildman–Crippen MR) is 77.1 cm³/mol. The highest BCUT2D eigenvalue weighted by Gasteiger charge is 2.35. The number of nitrogens with zero attached hydrogens (tertiary/aromatic N) is 1. The van der Waals surface area contributed by atoms with Crippen LogP contribution in [0.1, 0.15) is 30.1 Å². The predicted octanol–water partition coefficient (Wildman–Crippen LogP) is 2.13. The summed E-state index contributed by atoms with van der Waals surface area (Å²) < 4.78 is 0. The zero-order valence-corrected chi connectivity index (χ0v) is 11.9. The number of carboxylic acids is 1. The second kappa shape index (κ2) is 5.71. The summed E-state index contributed by atoms with van der Waals surface area (Å²) >= 11 is 5.98. The number of amides is 1. The fraction of sp³-hybridized carbons (Fsp3) is 0.429. The Labute approximate surface area is 122 Å². The van der Waals surface area contributed by atoms with Gasteiger partial charge in [0, 0.05) is 11.6 Å². The molecule has 1 aliphatic heterocycles. The highest BCUT2D eigenvalue weighted by Crippen LogP contribution is 2.32. The van der Waals surface area contributed by atoms with Crippen molar-refractivity contribution in [3.63, 3.8) is 0 Å². The number of hydrogen-bond donors (Lipinski definition) is 2. The van der Waals surface area contributed by atoms with Crippen molar-refractivity contribution < 1.29 is 14.7 Å². The smallest absolute Gasteiger partial charge is 0.326 e. The molecule has 20 heavy (non-hydrogen) atoms. The van der Waals surface area contributed by atoms with Gasteiger partial charge in [-0.3, -0.25) is 4.79 Å². The number of carboxylic acid groups (broad SMARTS) is 1. The number of aliphatic carboxylic acids is 1. The van der Waals surface area contributed by atoms with Crippen molar-refractivity contribution >= 4 is 29.2 Å². The lowest BCUT2D eigenvalue weighted by Crippen LogP contribution is -2.50. The fourth-order valence-corrected chi connectivity index (χ4v) is 2.95. The van der Waals surface area contributed by atoms with Crippen molar-refractivity contribution in [1.29, 1.82) is 0 Å². The summed E-state index contributed by atoms with van der Waals surface area (Å²) in [6, 6.07) is 4.06. The number of carbonyl (C=O) groups is 2. The Kier molecular flexibility index (Phi) is 4.18. The number of halogens is 1. The molecule has 2 unspecified atom stereocenters. The van der Waals surface area contributed by atoms with Crippen LogP contribution in [0.3, 0.4) is 0 Å². The zero-order chi connectivity index (χ0) is 14.9. The van der Waals surface area contributed by atoms with Crippen LogP contribution in [-0.4, -0.2) is 29.6 Å². The van der Waals surface area contributed by atoms with Gasteiger partial charge in [0.1, 0.15) is 6.04 Å². The summed E-state index contributed by atoms with van der Waals surface area (Å²) in [6.45, 7) is 2.47. The van der Waals surface area contributed by atoms with E-state index < -0.39 is 17.9 Å². The van der Waals surface area contributed by atoms with Gasteiger partial charge in [-0.05, 0) is 37.0 Å². The molecule has 1 aromatic rings. The van der Waals surface area contributed by atoms with Crippen LogP contribution in [0, 0.1) is 5.92 Å². The van der Waals surface area contributed by atoms with E-state index in [0.29, 0.717) is 22.8 Å². The molecule has 5 nitrogen and oxygen atoms in total. The molecular weight excluding hydrogens is 280 g/mol. The van der Waals surface area contributed by atoms with E-state index in [1.54, 1.807) is 17.0 Å². The molecule has 1 aliphatic rings. The molecule has 1 fully saturated rings. The molecule has 0 aliphatic carbocycles. The molecule has 1 saturated heterocycles. The fourth-order valence-electron chi connectivity index (χ4n) is 2.79. The first-order valence-electron chi connectivity index (χ1n) is 6.50. The van der Waals surface area contributed by atoms with Crippen LogP contribution in [0.2, 0.25) is 5.02 Å². The zero-order valence-electron chi connectivity index (χ0n) is 11.2. The molecular formula is C14H17ClN2O3. The number of hydrogen-bond acceptors (Lipinski definition) is 3. The third-order valence-electron chi connectivity index (χ3n) is 3.72. The summed E-state index contributed by atoms with van der Waals surface area (Å²) in [4.78, 5) is 24.8. The highest BCUT2D eigenvalue weighted by atomic mass is 35.5. The molecule has 6 heteroatoms. The SMILES string of the molecule is CC1CCCN(c2cc(Cl)ccc2C(N)=O)C1C(=O)O.